The predicted molar refractivity (Wildman–Crippen MR) is 64.7 cm³/mol. The van der Waals surface area contributed by atoms with Crippen molar-refractivity contribution < 1.29 is 4.74 Å². The Balaban J connectivity index is 2.08. The van der Waals surface area contributed by atoms with Crippen molar-refractivity contribution in [3.05, 3.63) is 30.0 Å². The normalized spacial score (nSPS) is 17.6. The van der Waals surface area contributed by atoms with E-state index >= 15 is 0 Å². The molecule has 1 aliphatic carbocycles. The molecule has 0 saturated heterocycles. The van der Waals surface area contributed by atoms with Gasteiger partial charge in [-0.3, -0.25) is 0 Å². The van der Waals surface area contributed by atoms with Crippen molar-refractivity contribution in [3.8, 4) is 5.75 Å². The zero-order valence-electron chi connectivity index (χ0n) is 9.42. The molecular formula is C13H16N2O. The molecule has 0 radical (unpaired) electrons. The van der Waals surface area contributed by atoms with Crippen LogP contribution in [0.5, 0.6) is 5.75 Å². The average molecular weight is 216 g/mol. The van der Waals surface area contributed by atoms with Gasteiger partial charge in [0.2, 0.25) is 0 Å². The summed E-state index contributed by atoms with van der Waals surface area (Å²) in [6.45, 7) is 0. The van der Waals surface area contributed by atoms with Gasteiger partial charge in [0.25, 0.3) is 0 Å². The van der Waals surface area contributed by atoms with E-state index in [4.69, 9.17) is 10.5 Å². The Labute approximate surface area is 94.6 Å². The van der Waals surface area contributed by atoms with E-state index in [1.165, 1.54) is 10.9 Å². The second-order valence-corrected chi connectivity index (χ2v) is 4.73. The minimum Gasteiger partial charge on any atom is -0.495 e. The van der Waals surface area contributed by atoms with Gasteiger partial charge < -0.3 is 15.5 Å². The molecule has 3 heteroatoms. The van der Waals surface area contributed by atoms with Crippen molar-refractivity contribution in [2.75, 3.05) is 7.11 Å². The largest absolute Gasteiger partial charge is 0.495 e. The molecule has 1 saturated carbocycles. The zero-order valence-corrected chi connectivity index (χ0v) is 9.42. The molecule has 3 rings (SSSR count). The first kappa shape index (κ1) is 9.73. The quantitative estimate of drug-likeness (QED) is 0.826. The SMILES string of the molecule is COc1ccc(CC2(N)CC2)c2cc[nH]c12. The highest BCUT2D eigenvalue weighted by molar-refractivity contribution is 5.88. The van der Waals surface area contributed by atoms with Crippen LogP contribution < -0.4 is 10.5 Å². The number of hydrogen-bond acceptors (Lipinski definition) is 2. The van der Waals surface area contributed by atoms with Gasteiger partial charge in [0.05, 0.1) is 12.6 Å². The summed E-state index contributed by atoms with van der Waals surface area (Å²) in [5, 5.41) is 1.23. The molecule has 1 heterocycles. The van der Waals surface area contributed by atoms with E-state index in [2.05, 4.69) is 17.1 Å². The van der Waals surface area contributed by atoms with Crippen molar-refractivity contribution >= 4 is 10.9 Å². The van der Waals surface area contributed by atoms with Crippen LogP contribution in [0, 0.1) is 0 Å². The molecule has 84 valence electrons. The van der Waals surface area contributed by atoms with Gasteiger partial charge in [0.15, 0.2) is 0 Å². The topological polar surface area (TPSA) is 51.0 Å². The van der Waals surface area contributed by atoms with Gasteiger partial charge in [-0.25, -0.2) is 0 Å². The van der Waals surface area contributed by atoms with Crippen LogP contribution in [0.3, 0.4) is 0 Å². The fourth-order valence-corrected chi connectivity index (χ4v) is 2.23. The number of nitrogens with two attached hydrogens (primary N) is 1. The Bertz CT molecular complexity index is 526. The summed E-state index contributed by atoms with van der Waals surface area (Å²) in [7, 11) is 1.70. The molecule has 0 unspecified atom stereocenters. The second-order valence-electron chi connectivity index (χ2n) is 4.73. The maximum Gasteiger partial charge on any atom is 0.142 e. The third kappa shape index (κ3) is 1.48. The Morgan fingerprint density at radius 1 is 1.38 bits per heavy atom. The molecular weight excluding hydrogens is 200 g/mol. The van der Waals surface area contributed by atoms with E-state index in [1.807, 2.05) is 12.3 Å². The maximum atomic E-state index is 6.17. The maximum absolute atomic E-state index is 6.17. The van der Waals surface area contributed by atoms with Gasteiger partial charge in [-0.15, -0.1) is 0 Å². The highest BCUT2D eigenvalue weighted by Gasteiger charge is 2.38. The van der Waals surface area contributed by atoms with E-state index in [-0.39, 0.29) is 5.54 Å². The molecule has 1 aromatic carbocycles. The van der Waals surface area contributed by atoms with Crippen LogP contribution in [-0.2, 0) is 6.42 Å². The molecule has 1 aliphatic rings. The van der Waals surface area contributed by atoms with Crippen LogP contribution in [-0.4, -0.2) is 17.6 Å². The van der Waals surface area contributed by atoms with Crippen molar-refractivity contribution in [2.24, 2.45) is 5.73 Å². The number of fused-ring (bicyclic) bond motifs is 1. The zero-order chi connectivity index (χ0) is 11.2. The third-order valence-electron chi connectivity index (χ3n) is 3.43. The number of aromatic amines is 1. The first-order valence-corrected chi connectivity index (χ1v) is 5.64. The van der Waals surface area contributed by atoms with Gasteiger partial charge in [-0.1, -0.05) is 6.07 Å². The monoisotopic (exact) mass is 216 g/mol. The summed E-state index contributed by atoms with van der Waals surface area (Å²) in [6, 6.07) is 6.24. The molecule has 2 aromatic rings. The number of rotatable bonds is 3. The fraction of sp³-hybridized carbons (Fsp3) is 0.385. The molecule has 0 spiro atoms. The van der Waals surface area contributed by atoms with Crippen LogP contribution in [0.2, 0.25) is 0 Å². The van der Waals surface area contributed by atoms with Crippen LogP contribution in [0.15, 0.2) is 24.4 Å². The lowest BCUT2D eigenvalue weighted by molar-refractivity contribution is 0.419. The smallest absolute Gasteiger partial charge is 0.142 e. The van der Waals surface area contributed by atoms with Gasteiger partial charge >= 0.3 is 0 Å². The number of methoxy groups -OCH3 is 1. The molecule has 0 bridgehead atoms. The molecule has 16 heavy (non-hydrogen) atoms. The van der Waals surface area contributed by atoms with Crippen molar-refractivity contribution in [2.45, 2.75) is 24.8 Å². The van der Waals surface area contributed by atoms with Crippen LogP contribution >= 0.6 is 0 Å². The molecule has 1 aromatic heterocycles. The van der Waals surface area contributed by atoms with E-state index in [9.17, 15) is 0 Å². The first-order chi connectivity index (χ1) is 7.72. The Morgan fingerprint density at radius 3 is 2.88 bits per heavy atom. The summed E-state index contributed by atoms with van der Waals surface area (Å²) < 4.78 is 5.32. The summed E-state index contributed by atoms with van der Waals surface area (Å²) in [5.41, 5.74) is 8.61. The summed E-state index contributed by atoms with van der Waals surface area (Å²) >= 11 is 0. The average Bonchev–Trinajstić information content (AvgIpc) is 2.82. The van der Waals surface area contributed by atoms with E-state index in [0.717, 1.165) is 30.5 Å². The van der Waals surface area contributed by atoms with Crippen molar-refractivity contribution in [1.29, 1.82) is 0 Å². The standard InChI is InChI=1S/C13H16N2O/c1-16-11-3-2-9(8-13(14)5-6-13)10-4-7-15-12(10)11/h2-4,7,15H,5-6,8,14H2,1H3. The summed E-state index contributed by atoms with van der Waals surface area (Å²) in [6.07, 6.45) is 5.20. The number of aromatic nitrogens is 1. The minimum absolute atomic E-state index is 0.0544. The van der Waals surface area contributed by atoms with E-state index < -0.39 is 0 Å². The number of ether oxygens (including phenoxy) is 1. The van der Waals surface area contributed by atoms with Crippen LogP contribution in [0.4, 0.5) is 0 Å². The molecule has 3 N–H and O–H groups in total. The lowest BCUT2D eigenvalue weighted by Crippen LogP contribution is -2.24. The van der Waals surface area contributed by atoms with Gasteiger partial charge in [-0.05, 0) is 37.0 Å². The molecule has 0 atom stereocenters. The van der Waals surface area contributed by atoms with Crippen LogP contribution in [0.25, 0.3) is 10.9 Å². The number of nitrogens with one attached hydrogen (secondary N) is 1. The summed E-state index contributed by atoms with van der Waals surface area (Å²) in [5.74, 6) is 0.894. The lowest BCUT2D eigenvalue weighted by Gasteiger charge is -2.11. The van der Waals surface area contributed by atoms with Crippen molar-refractivity contribution in [1.82, 2.24) is 4.98 Å². The number of benzene rings is 1. The van der Waals surface area contributed by atoms with Gasteiger partial charge in [0.1, 0.15) is 5.75 Å². The molecule has 0 amide bonds. The lowest BCUT2D eigenvalue weighted by atomic mass is 10.0. The van der Waals surface area contributed by atoms with E-state index in [1.54, 1.807) is 7.11 Å². The Hall–Kier alpha value is -1.48. The third-order valence-corrected chi connectivity index (χ3v) is 3.43. The Kier molecular flexibility index (Phi) is 1.98. The second kappa shape index (κ2) is 3.25. The minimum atomic E-state index is 0.0544. The molecule has 0 aliphatic heterocycles. The van der Waals surface area contributed by atoms with Crippen molar-refractivity contribution in [3.63, 3.8) is 0 Å². The van der Waals surface area contributed by atoms with Gasteiger partial charge in [0, 0.05) is 17.1 Å². The highest BCUT2D eigenvalue weighted by atomic mass is 16.5. The predicted octanol–water partition coefficient (Wildman–Crippen LogP) is 2.21. The highest BCUT2D eigenvalue weighted by Crippen LogP contribution is 2.38. The van der Waals surface area contributed by atoms with Gasteiger partial charge in [-0.2, -0.15) is 0 Å². The Morgan fingerprint density at radius 2 is 2.19 bits per heavy atom. The number of H-pyrrole nitrogens is 1. The fourth-order valence-electron chi connectivity index (χ4n) is 2.23. The molecule has 3 nitrogen and oxygen atoms in total. The number of hydrogen-bond donors (Lipinski definition) is 2. The van der Waals surface area contributed by atoms with E-state index in [0.29, 0.717) is 0 Å². The first-order valence-electron chi connectivity index (χ1n) is 5.64. The van der Waals surface area contributed by atoms with Crippen LogP contribution in [0.1, 0.15) is 18.4 Å². The summed E-state index contributed by atoms with van der Waals surface area (Å²) in [4.78, 5) is 3.22. The molecule has 1 fully saturated rings.